The second kappa shape index (κ2) is 11.1. The van der Waals surface area contributed by atoms with E-state index in [4.69, 9.17) is 0 Å². The molecule has 0 saturated carbocycles. The van der Waals surface area contributed by atoms with Crippen molar-refractivity contribution in [2.45, 2.75) is 30.2 Å². The lowest BCUT2D eigenvalue weighted by Crippen LogP contribution is -2.16. The fourth-order valence-electron chi connectivity index (χ4n) is 3.97. The third-order valence-electron chi connectivity index (χ3n) is 5.93. The first-order chi connectivity index (χ1) is 17.3. The number of nitrogens with zero attached hydrogens (tertiary/aromatic N) is 1. The predicted molar refractivity (Wildman–Crippen MR) is 149 cm³/mol. The van der Waals surface area contributed by atoms with Crippen LogP contribution in [0.2, 0.25) is 0 Å². The van der Waals surface area contributed by atoms with Gasteiger partial charge in [0.15, 0.2) is 0 Å². The zero-order valence-electron chi connectivity index (χ0n) is 20.6. The lowest BCUT2D eigenvalue weighted by Gasteiger charge is -2.10. The van der Waals surface area contributed by atoms with Gasteiger partial charge in [-0.1, -0.05) is 91.9 Å². The number of fused-ring (bicyclic) bond motifs is 1. The van der Waals surface area contributed by atoms with Crippen LogP contribution in [0.4, 0.5) is 0 Å². The molecule has 0 spiro atoms. The van der Waals surface area contributed by atoms with Crippen molar-refractivity contribution in [1.82, 2.24) is 3.97 Å². The number of hydrogen-bond donors (Lipinski definition) is 0. The van der Waals surface area contributed by atoms with Crippen molar-refractivity contribution in [3.8, 4) is 11.1 Å². The van der Waals surface area contributed by atoms with Crippen LogP contribution in [0.3, 0.4) is 0 Å². The summed E-state index contributed by atoms with van der Waals surface area (Å²) >= 11 is 0. The monoisotopic (exact) mass is 515 g/mol. The molecular formula is C30H29NO3S2. The van der Waals surface area contributed by atoms with Crippen LogP contribution < -0.4 is 0 Å². The Balaban J connectivity index is 0.000000187. The summed E-state index contributed by atoms with van der Waals surface area (Å²) in [6.45, 7) is 4.08. The minimum absolute atomic E-state index is 0.181. The second-order valence-corrected chi connectivity index (χ2v) is 11.6. The van der Waals surface area contributed by atoms with Crippen LogP contribution in [0.25, 0.3) is 22.0 Å². The Bertz CT molecular complexity index is 1590. The van der Waals surface area contributed by atoms with Gasteiger partial charge in [0.2, 0.25) is 0 Å². The van der Waals surface area contributed by atoms with Crippen LogP contribution >= 0.6 is 0 Å². The lowest BCUT2D eigenvalue weighted by molar-refractivity contribution is 0.584. The Morgan fingerprint density at radius 3 is 1.92 bits per heavy atom. The van der Waals surface area contributed by atoms with Gasteiger partial charge in [-0.3, -0.25) is 4.21 Å². The molecule has 1 aromatic heterocycles. The average molecular weight is 516 g/mol. The van der Waals surface area contributed by atoms with Crippen molar-refractivity contribution in [1.29, 1.82) is 0 Å². The van der Waals surface area contributed by atoms with Crippen molar-refractivity contribution >= 4 is 31.7 Å². The first-order valence-electron chi connectivity index (χ1n) is 11.7. The molecule has 5 aromatic rings. The fourth-order valence-corrected chi connectivity index (χ4v) is 6.62. The molecule has 0 aliphatic heterocycles. The van der Waals surface area contributed by atoms with Crippen molar-refractivity contribution in [3.05, 3.63) is 120 Å². The summed E-state index contributed by atoms with van der Waals surface area (Å²) in [5, 5.41) is 1.04. The highest BCUT2D eigenvalue weighted by Crippen LogP contribution is 2.28. The van der Waals surface area contributed by atoms with Crippen molar-refractivity contribution < 1.29 is 12.6 Å². The third-order valence-corrected chi connectivity index (χ3v) is 8.68. The summed E-state index contributed by atoms with van der Waals surface area (Å²) in [6, 6.07) is 34.7. The highest BCUT2D eigenvalue weighted by molar-refractivity contribution is 7.91. The Labute approximate surface area is 215 Å². The first-order valence-corrected chi connectivity index (χ1v) is 14.7. The quantitative estimate of drug-likeness (QED) is 0.257. The highest BCUT2D eigenvalue weighted by atomic mass is 32.2. The Morgan fingerprint density at radius 2 is 1.33 bits per heavy atom. The van der Waals surface area contributed by atoms with E-state index < -0.39 is 20.8 Å². The minimum atomic E-state index is -3.79. The molecule has 184 valence electrons. The summed E-state index contributed by atoms with van der Waals surface area (Å²) in [5.41, 5.74) is 5.47. The van der Waals surface area contributed by atoms with Gasteiger partial charge in [-0.15, -0.1) is 0 Å². The van der Waals surface area contributed by atoms with E-state index in [9.17, 15) is 12.6 Å². The molecule has 0 amide bonds. The molecule has 0 aliphatic rings. The summed E-state index contributed by atoms with van der Waals surface area (Å²) in [4.78, 5) is 0.181. The number of aryl methyl sites for hydroxylation is 2. The largest absolute Gasteiger partial charge is 0.269 e. The zero-order valence-corrected chi connectivity index (χ0v) is 22.2. The van der Waals surface area contributed by atoms with E-state index in [1.165, 1.54) is 26.9 Å². The van der Waals surface area contributed by atoms with E-state index in [2.05, 4.69) is 55.5 Å². The van der Waals surface area contributed by atoms with Gasteiger partial charge in [0.05, 0.1) is 21.2 Å². The van der Waals surface area contributed by atoms with Crippen LogP contribution in [0.1, 0.15) is 18.1 Å². The summed E-state index contributed by atoms with van der Waals surface area (Å²) in [7, 11) is -5.21. The minimum Gasteiger partial charge on any atom is -0.253 e. The molecule has 0 aliphatic carbocycles. The topological polar surface area (TPSA) is 56.1 Å². The van der Waals surface area contributed by atoms with E-state index >= 15 is 0 Å². The van der Waals surface area contributed by atoms with Gasteiger partial charge in [0.1, 0.15) is 5.03 Å². The zero-order chi connectivity index (χ0) is 25.7. The Morgan fingerprint density at radius 1 is 0.750 bits per heavy atom. The van der Waals surface area contributed by atoms with Gasteiger partial charge in [-0.25, -0.2) is 12.4 Å². The van der Waals surface area contributed by atoms with Crippen LogP contribution in [-0.2, 0) is 27.2 Å². The van der Waals surface area contributed by atoms with Crippen LogP contribution in [0.15, 0.2) is 119 Å². The number of rotatable bonds is 5. The van der Waals surface area contributed by atoms with Crippen molar-refractivity contribution in [2.75, 3.05) is 6.26 Å². The highest BCUT2D eigenvalue weighted by Gasteiger charge is 2.24. The first kappa shape index (κ1) is 25.6. The van der Waals surface area contributed by atoms with E-state index in [0.717, 1.165) is 17.4 Å². The summed E-state index contributed by atoms with van der Waals surface area (Å²) < 4.78 is 39.2. The summed E-state index contributed by atoms with van der Waals surface area (Å²) in [5.74, 6) is 0. The smallest absolute Gasteiger partial charge is 0.253 e. The molecule has 0 saturated heterocycles. The van der Waals surface area contributed by atoms with E-state index in [-0.39, 0.29) is 9.92 Å². The average Bonchev–Trinajstić information content (AvgIpc) is 3.30. The molecule has 0 fully saturated rings. The standard InChI is InChI=1S/C16H15NO3S2.C14H14/c1-12-8-9-13-11-16(21(2)18)17(15(13)10-12)22(19,20)14-6-4-3-5-7-14;1-2-12-8-10-14(11-9-12)13-6-4-3-5-7-13/h3-11H,1-2H3;3-11H,2H2,1H3. The van der Waals surface area contributed by atoms with Gasteiger partial charge in [0.25, 0.3) is 10.0 Å². The Kier molecular flexibility index (Phi) is 7.87. The van der Waals surface area contributed by atoms with Gasteiger partial charge in [0, 0.05) is 11.6 Å². The molecule has 1 atom stereocenters. The molecular weight excluding hydrogens is 486 g/mol. The number of hydrogen-bond acceptors (Lipinski definition) is 3. The Hall–Kier alpha value is -3.48. The predicted octanol–water partition coefficient (Wildman–Crippen LogP) is 6.84. The number of aromatic nitrogens is 1. The SMILES string of the molecule is CCc1ccc(-c2ccccc2)cc1.Cc1ccc2cc(S(C)=O)n(S(=O)(=O)c3ccccc3)c2c1. The molecule has 5 rings (SSSR count). The lowest BCUT2D eigenvalue weighted by atomic mass is 10.0. The van der Waals surface area contributed by atoms with Crippen LogP contribution in [0, 0.1) is 6.92 Å². The second-order valence-electron chi connectivity index (χ2n) is 8.50. The van der Waals surface area contributed by atoms with Gasteiger partial charge >= 0.3 is 0 Å². The molecule has 1 unspecified atom stereocenters. The van der Waals surface area contributed by atoms with E-state index in [1.54, 1.807) is 42.5 Å². The molecule has 4 nitrogen and oxygen atoms in total. The maximum Gasteiger partial charge on any atom is 0.269 e. The molecule has 4 aromatic carbocycles. The van der Waals surface area contributed by atoms with Gasteiger partial charge in [-0.05, 0) is 59.9 Å². The molecule has 0 N–H and O–H groups in total. The molecule has 0 bridgehead atoms. The summed E-state index contributed by atoms with van der Waals surface area (Å²) in [6.07, 6.45) is 2.59. The van der Waals surface area contributed by atoms with E-state index in [1.807, 2.05) is 25.1 Å². The van der Waals surface area contributed by atoms with Crippen LogP contribution in [0.5, 0.6) is 0 Å². The molecule has 6 heteroatoms. The molecule has 1 heterocycles. The maximum absolute atomic E-state index is 13.0. The van der Waals surface area contributed by atoms with Gasteiger partial charge < -0.3 is 0 Å². The van der Waals surface area contributed by atoms with Crippen molar-refractivity contribution in [2.24, 2.45) is 0 Å². The molecule has 36 heavy (non-hydrogen) atoms. The molecule has 0 radical (unpaired) electrons. The number of benzene rings is 4. The maximum atomic E-state index is 13.0. The fraction of sp³-hybridized carbons (Fsp3) is 0.133. The third kappa shape index (κ3) is 5.50. The van der Waals surface area contributed by atoms with Gasteiger partial charge in [-0.2, -0.15) is 0 Å². The van der Waals surface area contributed by atoms with Crippen LogP contribution in [-0.4, -0.2) is 22.9 Å². The van der Waals surface area contributed by atoms with Crippen molar-refractivity contribution in [3.63, 3.8) is 0 Å². The van der Waals surface area contributed by atoms with E-state index in [0.29, 0.717) is 5.52 Å². The normalized spacial score (nSPS) is 12.1.